The van der Waals surface area contributed by atoms with E-state index >= 15 is 0 Å². The van der Waals surface area contributed by atoms with Gasteiger partial charge in [-0.15, -0.1) is 0 Å². The Balaban J connectivity index is 1.99. The maximum Gasteiger partial charge on any atom is 0.268 e. The Morgan fingerprint density at radius 1 is 0.903 bits per heavy atom. The molecule has 0 spiro atoms. The number of anilines is 2. The van der Waals surface area contributed by atoms with Gasteiger partial charge >= 0.3 is 0 Å². The predicted octanol–water partition coefficient (Wildman–Crippen LogP) is 4.45. The number of sulfonamides is 1. The number of nitrogens with one attached hydrogen (secondary N) is 1. The van der Waals surface area contributed by atoms with Crippen molar-refractivity contribution in [3.63, 3.8) is 0 Å². The second kappa shape index (κ2) is 9.22. The Morgan fingerprint density at radius 3 is 2.16 bits per heavy atom. The Hall–Kier alpha value is -3.32. The smallest absolute Gasteiger partial charge is 0.268 e. The highest BCUT2D eigenvalue weighted by Crippen LogP contribution is 2.30. The molecule has 0 fully saturated rings. The highest BCUT2D eigenvalue weighted by molar-refractivity contribution is 7.93. The number of methoxy groups -OCH3 is 1. The fourth-order valence-corrected chi connectivity index (χ4v) is 5.06. The first-order valence-corrected chi connectivity index (χ1v) is 11.3. The van der Waals surface area contributed by atoms with Crippen LogP contribution in [-0.2, 0) is 14.8 Å². The summed E-state index contributed by atoms with van der Waals surface area (Å²) in [5, 5.41) is 2.81. The van der Waals surface area contributed by atoms with E-state index in [0.717, 1.165) is 21.0 Å². The van der Waals surface area contributed by atoms with Gasteiger partial charge in [0.05, 0.1) is 12.8 Å². The minimum absolute atomic E-state index is 0.0121. The summed E-state index contributed by atoms with van der Waals surface area (Å²) in [7, 11) is -2.66. The summed E-state index contributed by atoms with van der Waals surface area (Å²) < 4.78 is 33.6. The molecule has 1 N–H and O–H groups in total. The molecule has 0 unspecified atom stereocenters. The number of rotatable bonds is 7. The first-order valence-electron chi connectivity index (χ1n) is 9.81. The molecular weight excluding hydrogens is 412 g/mol. The molecule has 0 aliphatic heterocycles. The number of ether oxygens (including phenoxy) is 1. The van der Waals surface area contributed by atoms with Gasteiger partial charge in [0, 0.05) is 5.69 Å². The van der Waals surface area contributed by atoms with E-state index in [2.05, 4.69) is 5.32 Å². The Kier molecular flexibility index (Phi) is 6.65. The molecule has 0 saturated carbocycles. The van der Waals surface area contributed by atoms with Crippen molar-refractivity contribution in [2.45, 2.75) is 25.7 Å². The van der Waals surface area contributed by atoms with Crippen molar-refractivity contribution in [3.05, 3.63) is 83.4 Å². The van der Waals surface area contributed by atoms with Crippen LogP contribution in [0.25, 0.3) is 0 Å². The van der Waals surface area contributed by atoms with E-state index in [-0.39, 0.29) is 17.2 Å². The van der Waals surface area contributed by atoms with Gasteiger partial charge in [0.1, 0.15) is 17.2 Å². The average molecular weight is 439 g/mol. The van der Waals surface area contributed by atoms with E-state index in [0.29, 0.717) is 11.4 Å². The van der Waals surface area contributed by atoms with Crippen LogP contribution in [0.4, 0.5) is 11.4 Å². The molecule has 0 aromatic heterocycles. The van der Waals surface area contributed by atoms with Gasteiger partial charge in [-0.05, 0) is 73.9 Å². The van der Waals surface area contributed by atoms with Crippen molar-refractivity contribution in [3.8, 4) is 5.75 Å². The third-order valence-electron chi connectivity index (χ3n) is 4.72. The van der Waals surface area contributed by atoms with E-state index < -0.39 is 15.9 Å². The molecule has 7 heteroatoms. The van der Waals surface area contributed by atoms with Crippen LogP contribution in [0.5, 0.6) is 5.75 Å². The predicted molar refractivity (Wildman–Crippen MR) is 123 cm³/mol. The van der Waals surface area contributed by atoms with Crippen LogP contribution in [-0.4, -0.2) is 28.0 Å². The van der Waals surface area contributed by atoms with Gasteiger partial charge < -0.3 is 10.1 Å². The van der Waals surface area contributed by atoms with Crippen molar-refractivity contribution in [2.24, 2.45) is 0 Å². The van der Waals surface area contributed by atoms with Gasteiger partial charge in [-0.2, -0.15) is 0 Å². The fourth-order valence-electron chi connectivity index (χ4n) is 3.39. The molecule has 0 heterocycles. The summed E-state index contributed by atoms with van der Waals surface area (Å²) in [6.07, 6.45) is 0. The van der Waals surface area contributed by atoms with E-state index in [1.54, 1.807) is 55.5 Å². The molecule has 0 saturated heterocycles. The van der Waals surface area contributed by atoms with Gasteiger partial charge in [0.25, 0.3) is 10.0 Å². The lowest BCUT2D eigenvalue weighted by atomic mass is 10.1. The summed E-state index contributed by atoms with van der Waals surface area (Å²) in [4.78, 5) is 12.9. The first-order chi connectivity index (χ1) is 14.7. The third-order valence-corrected chi connectivity index (χ3v) is 6.52. The Morgan fingerprint density at radius 2 is 1.55 bits per heavy atom. The maximum absolute atomic E-state index is 13.6. The largest absolute Gasteiger partial charge is 0.495 e. The molecule has 1 amide bonds. The van der Waals surface area contributed by atoms with Crippen molar-refractivity contribution in [1.82, 2.24) is 0 Å². The van der Waals surface area contributed by atoms with Gasteiger partial charge in [-0.3, -0.25) is 9.10 Å². The zero-order valence-electron chi connectivity index (χ0n) is 18.0. The van der Waals surface area contributed by atoms with Crippen LogP contribution < -0.4 is 14.4 Å². The van der Waals surface area contributed by atoms with Crippen LogP contribution in [0.3, 0.4) is 0 Å². The molecule has 31 heavy (non-hydrogen) atoms. The van der Waals surface area contributed by atoms with Crippen LogP contribution in [0.15, 0.2) is 71.6 Å². The van der Waals surface area contributed by atoms with Gasteiger partial charge in [0.2, 0.25) is 5.91 Å². The van der Waals surface area contributed by atoms with Crippen molar-refractivity contribution >= 4 is 27.3 Å². The molecule has 0 atom stereocenters. The van der Waals surface area contributed by atoms with Crippen LogP contribution in [0.1, 0.15) is 16.7 Å². The monoisotopic (exact) mass is 438 g/mol. The van der Waals surface area contributed by atoms with Crippen molar-refractivity contribution < 1.29 is 17.9 Å². The Labute approximate surface area is 183 Å². The minimum atomic E-state index is -4.08. The summed E-state index contributed by atoms with van der Waals surface area (Å²) in [5.74, 6) is -0.217. The quantitative estimate of drug-likeness (QED) is 0.591. The number of para-hydroxylation sites is 1. The topological polar surface area (TPSA) is 75.7 Å². The second-order valence-corrected chi connectivity index (χ2v) is 9.26. The molecule has 0 bridgehead atoms. The van der Waals surface area contributed by atoms with E-state index in [1.165, 1.54) is 7.11 Å². The van der Waals surface area contributed by atoms with Gasteiger partial charge in [0.15, 0.2) is 0 Å². The molecule has 3 aromatic carbocycles. The molecule has 3 aromatic rings. The summed E-state index contributed by atoms with van der Waals surface area (Å²) in [5.41, 5.74) is 3.80. The molecular formula is C24H26N2O4S. The molecule has 0 aliphatic carbocycles. The normalized spacial score (nSPS) is 11.1. The number of aryl methyl sites for hydroxylation is 3. The summed E-state index contributed by atoms with van der Waals surface area (Å²) in [6.45, 7) is 5.30. The van der Waals surface area contributed by atoms with Crippen LogP contribution in [0, 0.1) is 20.8 Å². The first kappa shape index (κ1) is 22.4. The van der Waals surface area contributed by atoms with Crippen LogP contribution >= 0.6 is 0 Å². The summed E-state index contributed by atoms with van der Waals surface area (Å²) >= 11 is 0. The van der Waals surface area contributed by atoms with Crippen LogP contribution in [0.2, 0.25) is 0 Å². The molecule has 6 nitrogen and oxygen atoms in total. The molecule has 0 radical (unpaired) electrons. The van der Waals surface area contributed by atoms with E-state index in [4.69, 9.17) is 4.74 Å². The van der Waals surface area contributed by atoms with Gasteiger partial charge in [-0.25, -0.2) is 8.42 Å². The number of nitrogens with zero attached hydrogens (tertiary/aromatic N) is 1. The third kappa shape index (κ3) is 5.24. The zero-order chi connectivity index (χ0) is 22.6. The molecule has 3 rings (SSSR count). The number of carbonyl (C=O) groups is 1. The second-order valence-electron chi connectivity index (χ2n) is 7.43. The zero-order valence-corrected chi connectivity index (χ0v) is 18.9. The summed E-state index contributed by atoms with van der Waals surface area (Å²) in [6, 6.07) is 19.2. The average Bonchev–Trinajstić information content (AvgIpc) is 2.71. The highest BCUT2D eigenvalue weighted by atomic mass is 32.2. The lowest BCUT2D eigenvalue weighted by Crippen LogP contribution is -2.38. The Bertz CT molecular complexity index is 1170. The van der Waals surface area contributed by atoms with Gasteiger partial charge in [-0.1, -0.05) is 30.3 Å². The van der Waals surface area contributed by atoms with Crippen molar-refractivity contribution in [1.29, 1.82) is 0 Å². The number of hydrogen-bond donors (Lipinski definition) is 1. The minimum Gasteiger partial charge on any atom is -0.495 e. The lowest BCUT2D eigenvalue weighted by Gasteiger charge is -2.25. The fraction of sp³-hybridized carbons (Fsp3) is 0.208. The number of carbonyl (C=O) groups excluding carboxylic acids is 1. The number of benzene rings is 3. The number of amides is 1. The van der Waals surface area contributed by atoms with Crippen molar-refractivity contribution in [2.75, 3.05) is 23.3 Å². The standard InChI is InChI=1S/C24H26N2O4S/c1-17-10-11-22(30-4)23(15-17)31(28,29)26(21-8-6-5-7-9-21)16-24(27)25-20-13-18(2)12-19(3)14-20/h5-15H,16H2,1-4H3,(H,25,27). The maximum atomic E-state index is 13.6. The SMILES string of the molecule is COc1ccc(C)cc1S(=O)(=O)N(CC(=O)Nc1cc(C)cc(C)c1)c1ccccc1. The molecule has 162 valence electrons. The lowest BCUT2D eigenvalue weighted by molar-refractivity contribution is -0.114. The highest BCUT2D eigenvalue weighted by Gasteiger charge is 2.30. The number of hydrogen-bond acceptors (Lipinski definition) is 4. The van der Waals surface area contributed by atoms with E-state index in [1.807, 2.05) is 32.0 Å². The van der Waals surface area contributed by atoms with E-state index in [9.17, 15) is 13.2 Å². The molecule has 0 aliphatic rings.